The summed E-state index contributed by atoms with van der Waals surface area (Å²) in [7, 11) is 0. The molecule has 1 saturated heterocycles. The van der Waals surface area contributed by atoms with Crippen molar-refractivity contribution >= 4 is 6.92 Å². The summed E-state index contributed by atoms with van der Waals surface area (Å²) < 4.78 is 0. The molecule has 88 valence electrons. The maximum absolute atomic E-state index is 8.80. The van der Waals surface area contributed by atoms with Gasteiger partial charge in [-0.2, -0.15) is 5.26 Å². The van der Waals surface area contributed by atoms with Crippen LogP contribution in [-0.2, 0) is 15.3 Å². The lowest BCUT2D eigenvalue weighted by molar-refractivity contribution is -0.274. The highest BCUT2D eigenvalue weighted by Crippen LogP contribution is 2.55. The van der Waals surface area contributed by atoms with Crippen molar-refractivity contribution in [2.24, 2.45) is 0 Å². The van der Waals surface area contributed by atoms with E-state index >= 15 is 0 Å². The molecule has 4 heteroatoms. The predicted molar refractivity (Wildman–Crippen MR) is 66.3 cm³/mol. The largest absolute Gasteiger partial charge is 0.346 e. The van der Waals surface area contributed by atoms with Crippen LogP contribution in [-0.4, -0.2) is 6.92 Å². The summed E-state index contributed by atoms with van der Waals surface area (Å²) in [5, 5.41) is 8.67. The first-order valence-electron chi connectivity index (χ1n) is 5.77. The Kier molecular flexibility index (Phi) is 2.77. The molecule has 1 aromatic rings. The third-order valence-corrected chi connectivity index (χ3v) is 4.17. The molecule has 1 aromatic carbocycles. The third kappa shape index (κ3) is 1.67. The van der Waals surface area contributed by atoms with Crippen LogP contribution >= 0.6 is 0 Å². The van der Waals surface area contributed by atoms with Crippen molar-refractivity contribution in [3.8, 4) is 6.07 Å². The molecular weight excluding hydrogens is 213 g/mol. The number of nitrogens with zero attached hydrogens (tertiary/aromatic N) is 1. The van der Waals surface area contributed by atoms with Crippen LogP contribution in [0.15, 0.2) is 24.3 Å². The number of benzene rings is 1. The molecule has 0 spiro atoms. The number of nitriles is 1. The van der Waals surface area contributed by atoms with Crippen LogP contribution in [0.1, 0.15) is 31.9 Å². The molecule has 1 heterocycles. The fraction of sp³-hybridized carbons (Fsp3) is 0.462. The van der Waals surface area contributed by atoms with Gasteiger partial charge in [-0.3, -0.25) is 0 Å². The lowest BCUT2D eigenvalue weighted by Gasteiger charge is -2.35. The smallest absolute Gasteiger partial charge is 0.304 e. The summed E-state index contributed by atoms with van der Waals surface area (Å²) in [5.74, 6) is 0. The van der Waals surface area contributed by atoms with Gasteiger partial charge in [0.15, 0.2) is 0 Å². The van der Waals surface area contributed by atoms with E-state index in [0.717, 1.165) is 5.56 Å². The molecule has 0 amide bonds. The molecule has 1 atom stereocenters. The minimum Gasteiger partial charge on any atom is -0.304 e. The van der Waals surface area contributed by atoms with Crippen LogP contribution in [0.2, 0.25) is 12.1 Å². The van der Waals surface area contributed by atoms with E-state index in [4.69, 9.17) is 15.0 Å². The van der Waals surface area contributed by atoms with Crippen molar-refractivity contribution < 1.29 is 9.69 Å². The van der Waals surface area contributed by atoms with E-state index in [9.17, 15) is 0 Å². The minimum atomic E-state index is -0.486. The topological polar surface area (TPSA) is 42.2 Å². The van der Waals surface area contributed by atoms with E-state index in [0.29, 0.717) is 5.56 Å². The average Bonchev–Trinajstić information content (AvgIpc) is 2.54. The van der Waals surface area contributed by atoms with Crippen molar-refractivity contribution in [2.45, 2.75) is 38.5 Å². The molecule has 0 aliphatic carbocycles. The van der Waals surface area contributed by atoms with Gasteiger partial charge in [0, 0.05) is 5.31 Å². The molecule has 0 N–H and O–H groups in total. The van der Waals surface area contributed by atoms with Gasteiger partial charge < -0.3 is 4.81 Å². The number of hydrogen-bond donors (Lipinski definition) is 0. The molecule has 3 nitrogen and oxygen atoms in total. The first-order valence-corrected chi connectivity index (χ1v) is 5.77. The second-order valence-electron chi connectivity index (χ2n) is 5.27. The standard InChI is InChI=1S/C13H16BNO2/c1-12(2)13(3,16-17-14(12)4)11-7-5-10(9-15)6-8-11/h5-8H,1-4H3. The summed E-state index contributed by atoms with van der Waals surface area (Å²) in [6.45, 7) is 8.32. The van der Waals surface area contributed by atoms with Gasteiger partial charge in [0.1, 0.15) is 5.60 Å². The van der Waals surface area contributed by atoms with E-state index in [1.807, 2.05) is 38.0 Å². The zero-order chi connectivity index (χ0) is 12.7. The summed E-state index contributed by atoms with van der Waals surface area (Å²) >= 11 is 0. The Labute approximate surface area is 102 Å². The van der Waals surface area contributed by atoms with Crippen molar-refractivity contribution in [2.75, 3.05) is 0 Å². The maximum atomic E-state index is 8.80. The number of hydrogen-bond acceptors (Lipinski definition) is 3. The van der Waals surface area contributed by atoms with Crippen molar-refractivity contribution in [3.63, 3.8) is 0 Å². The lowest BCUT2D eigenvalue weighted by Crippen LogP contribution is -2.36. The van der Waals surface area contributed by atoms with Gasteiger partial charge in [-0.15, -0.1) is 0 Å². The predicted octanol–water partition coefficient (Wildman–Crippen LogP) is 3.14. The zero-order valence-corrected chi connectivity index (χ0v) is 10.7. The summed E-state index contributed by atoms with van der Waals surface area (Å²) in [6, 6.07) is 9.60. The van der Waals surface area contributed by atoms with Crippen LogP contribution in [0.3, 0.4) is 0 Å². The fourth-order valence-corrected chi connectivity index (χ4v) is 2.07. The van der Waals surface area contributed by atoms with E-state index in [1.165, 1.54) is 0 Å². The van der Waals surface area contributed by atoms with Gasteiger partial charge in [0.05, 0.1) is 11.6 Å². The first kappa shape index (κ1) is 12.2. The van der Waals surface area contributed by atoms with Gasteiger partial charge >= 0.3 is 6.92 Å². The summed E-state index contributed by atoms with van der Waals surface area (Å²) in [4.78, 5) is 10.9. The quantitative estimate of drug-likeness (QED) is 0.548. The van der Waals surface area contributed by atoms with Crippen LogP contribution in [0, 0.1) is 11.3 Å². The molecule has 1 fully saturated rings. The molecule has 2 rings (SSSR count). The highest BCUT2D eigenvalue weighted by atomic mass is 17.2. The molecular formula is C13H16BNO2. The molecule has 0 radical (unpaired) electrons. The molecule has 0 saturated carbocycles. The minimum absolute atomic E-state index is 0.0307. The highest BCUT2D eigenvalue weighted by molar-refractivity contribution is 6.54. The van der Waals surface area contributed by atoms with Crippen molar-refractivity contribution in [1.29, 1.82) is 5.26 Å². The maximum Gasteiger partial charge on any atom is 0.346 e. The molecule has 0 bridgehead atoms. The Morgan fingerprint density at radius 3 is 2.18 bits per heavy atom. The molecule has 17 heavy (non-hydrogen) atoms. The van der Waals surface area contributed by atoms with Gasteiger partial charge in [-0.1, -0.05) is 32.8 Å². The lowest BCUT2D eigenvalue weighted by atomic mass is 9.43. The Morgan fingerprint density at radius 2 is 1.76 bits per heavy atom. The van der Waals surface area contributed by atoms with Gasteiger partial charge in [0.2, 0.25) is 0 Å². The summed E-state index contributed by atoms with van der Waals surface area (Å²) in [5.41, 5.74) is 1.20. The first-order chi connectivity index (χ1) is 7.91. The highest BCUT2D eigenvalue weighted by Gasteiger charge is 2.56. The average molecular weight is 229 g/mol. The molecule has 1 aliphatic heterocycles. The van der Waals surface area contributed by atoms with Crippen LogP contribution in [0.25, 0.3) is 0 Å². The second kappa shape index (κ2) is 3.87. The molecule has 0 aromatic heterocycles. The fourth-order valence-electron chi connectivity index (χ4n) is 2.07. The van der Waals surface area contributed by atoms with E-state index in [-0.39, 0.29) is 12.2 Å². The monoisotopic (exact) mass is 229 g/mol. The molecule has 1 unspecified atom stereocenters. The van der Waals surface area contributed by atoms with Crippen LogP contribution in [0.4, 0.5) is 0 Å². The normalized spacial score (nSPS) is 26.9. The van der Waals surface area contributed by atoms with E-state index < -0.39 is 5.60 Å². The third-order valence-electron chi connectivity index (χ3n) is 4.17. The molecule has 1 aliphatic rings. The zero-order valence-electron chi connectivity index (χ0n) is 10.7. The Morgan fingerprint density at radius 1 is 1.18 bits per heavy atom. The SMILES string of the molecule is CB1OOC(C)(c2ccc(C#N)cc2)C1(C)C. The van der Waals surface area contributed by atoms with Crippen LogP contribution in [0.5, 0.6) is 0 Å². The van der Waals surface area contributed by atoms with E-state index in [1.54, 1.807) is 0 Å². The van der Waals surface area contributed by atoms with Crippen LogP contribution < -0.4 is 0 Å². The number of rotatable bonds is 1. The van der Waals surface area contributed by atoms with Gasteiger partial charge in [-0.25, -0.2) is 4.89 Å². The van der Waals surface area contributed by atoms with E-state index in [2.05, 4.69) is 19.9 Å². The van der Waals surface area contributed by atoms with Gasteiger partial charge in [-0.05, 0) is 24.6 Å². The Balaban J connectivity index is 2.42. The summed E-state index contributed by atoms with van der Waals surface area (Å²) in [6.07, 6.45) is 0. The Hall–Kier alpha value is -1.31. The van der Waals surface area contributed by atoms with Crippen molar-refractivity contribution in [1.82, 2.24) is 0 Å². The van der Waals surface area contributed by atoms with Crippen molar-refractivity contribution in [3.05, 3.63) is 35.4 Å². The Bertz CT molecular complexity index is 463. The van der Waals surface area contributed by atoms with Gasteiger partial charge in [0.25, 0.3) is 0 Å². The second-order valence-corrected chi connectivity index (χ2v) is 5.27.